The maximum absolute atomic E-state index is 13.5. The van der Waals surface area contributed by atoms with Crippen LogP contribution in [0.3, 0.4) is 0 Å². The van der Waals surface area contributed by atoms with Crippen molar-refractivity contribution in [3.63, 3.8) is 0 Å². The van der Waals surface area contributed by atoms with Crippen molar-refractivity contribution < 1.29 is 4.39 Å². The first kappa shape index (κ1) is 13.0. The highest BCUT2D eigenvalue weighted by atomic mass is 79.9. The Morgan fingerprint density at radius 1 is 1.41 bits per heavy atom. The van der Waals surface area contributed by atoms with Crippen molar-refractivity contribution in [3.8, 4) is 0 Å². The maximum atomic E-state index is 13.5. The van der Waals surface area contributed by atoms with Gasteiger partial charge in [0.15, 0.2) is 0 Å². The number of halogens is 2. The standard InChI is InChI=1S/C14H19BrFN/c1-10(11-4-2-3-5-11)17-9-12-8-13(15)6-7-14(12)16/h6-8,10-11,17H,2-5,9H2,1H3/t10-/m1/s1. The number of nitrogens with one attached hydrogen (secondary N) is 1. The Labute approximate surface area is 111 Å². The first-order valence-corrected chi connectivity index (χ1v) is 7.13. The summed E-state index contributed by atoms with van der Waals surface area (Å²) < 4.78 is 14.5. The van der Waals surface area contributed by atoms with Gasteiger partial charge in [-0.05, 0) is 43.9 Å². The van der Waals surface area contributed by atoms with Gasteiger partial charge < -0.3 is 5.32 Å². The van der Waals surface area contributed by atoms with E-state index in [1.54, 1.807) is 6.07 Å². The van der Waals surface area contributed by atoms with Crippen LogP contribution in [0.1, 0.15) is 38.2 Å². The summed E-state index contributed by atoms with van der Waals surface area (Å²) in [6.45, 7) is 2.83. The summed E-state index contributed by atoms with van der Waals surface area (Å²) in [4.78, 5) is 0. The van der Waals surface area contributed by atoms with E-state index in [4.69, 9.17) is 0 Å². The summed E-state index contributed by atoms with van der Waals surface area (Å²) in [6, 6.07) is 5.58. The van der Waals surface area contributed by atoms with Crippen LogP contribution in [0.4, 0.5) is 4.39 Å². The smallest absolute Gasteiger partial charge is 0.127 e. The van der Waals surface area contributed by atoms with Crippen LogP contribution in [0, 0.1) is 11.7 Å². The zero-order chi connectivity index (χ0) is 12.3. The Kier molecular flexibility index (Phi) is 4.57. The molecule has 0 unspecified atom stereocenters. The summed E-state index contributed by atoms with van der Waals surface area (Å²) in [5.41, 5.74) is 0.740. The van der Waals surface area contributed by atoms with Crippen molar-refractivity contribution in [2.45, 2.75) is 45.2 Å². The highest BCUT2D eigenvalue weighted by Crippen LogP contribution is 2.27. The molecule has 0 bridgehead atoms. The summed E-state index contributed by atoms with van der Waals surface area (Å²) in [5, 5.41) is 3.45. The largest absolute Gasteiger partial charge is 0.310 e. The average molecular weight is 300 g/mol. The van der Waals surface area contributed by atoms with E-state index in [0.717, 1.165) is 16.0 Å². The van der Waals surface area contributed by atoms with E-state index in [9.17, 15) is 4.39 Å². The number of hydrogen-bond acceptors (Lipinski definition) is 1. The van der Waals surface area contributed by atoms with Gasteiger partial charge in [-0.1, -0.05) is 28.8 Å². The lowest BCUT2D eigenvalue weighted by atomic mass is 9.99. The molecule has 0 spiro atoms. The Hall–Kier alpha value is -0.410. The lowest BCUT2D eigenvalue weighted by Gasteiger charge is -2.20. The van der Waals surface area contributed by atoms with Gasteiger partial charge in [-0.15, -0.1) is 0 Å². The molecule has 1 aromatic carbocycles. The zero-order valence-electron chi connectivity index (χ0n) is 10.2. The van der Waals surface area contributed by atoms with E-state index in [0.29, 0.717) is 12.6 Å². The zero-order valence-corrected chi connectivity index (χ0v) is 11.8. The minimum absolute atomic E-state index is 0.126. The second kappa shape index (κ2) is 5.96. The molecule has 1 aliphatic carbocycles. The molecule has 1 fully saturated rings. The van der Waals surface area contributed by atoms with Gasteiger partial charge in [0, 0.05) is 22.6 Å². The molecule has 0 heterocycles. The van der Waals surface area contributed by atoms with Crippen LogP contribution < -0.4 is 5.32 Å². The third-order valence-corrected chi connectivity index (χ3v) is 4.22. The van der Waals surface area contributed by atoms with Gasteiger partial charge in [0.05, 0.1) is 0 Å². The molecule has 2 rings (SSSR count). The summed E-state index contributed by atoms with van der Waals surface area (Å²) >= 11 is 3.38. The van der Waals surface area contributed by atoms with Crippen molar-refractivity contribution in [2.24, 2.45) is 5.92 Å². The van der Waals surface area contributed by atoms with E-state index in [-0.39, 0.29) is 5.82 Å². The normalized spacial score (nSPS) is 18.5. The molecule has 17 heavy (non-hydrogen) atoms. The predicted molar refractivity (Wildman–Crippen MR) is 72.4 cm³/mol. The molecule has 1 nitrogen and oxygen atoms in total. The van der Waals surface area contributed by atoms with Gasteiger partial charge >= 0.3 is 0 Å². The molecule has 1 aromatic rings. The fraction of sp³-hybridized carbons (Fsp3) is 0.571. The van der Waals surface area contributed by atoms with Crippen LogP contribution in [-0.2, 0) is 6.54 Å². The molecule has 1 atom stereocenters. The van der Waals surface area contributed by atoms with E-state index in [1.807, 2.05) is 6.07 Å². The monoisotopic (exact) mass is 299 g/mol. The molecule has 94 valence electrons. The van der Waals surface area contributed by atoms with Crippen LogP contribution in [0.2, 0.25) is 0 Å². The molecule has 1 saturated carbocycles. The van der Waals surface area contributed by atoms with E-state index < -0.39 is 0 Å². The molecule has 1 N–H and O–H groups in total. The number of benzene rings is 1. The van der Waals surface area contributed by atoms with Crippen molar-refractivity contribution in [3.05, 3.63) is 34.1 Å². The summed E-state index contributed by atoms with van der Waals surface area (Å²) in [6.07, 6.45) is 5.33. The van der Waals surface area contributed by atoms with Crippen molar-refractivity contribution in [1.29, 1.82) is 0 Å². The SMILES string of the molecule is C[C@@H](NCc1cc(Br)ccc1F)C1CCCC1. The summed E-state index contributed by atoms with van der Waals surface area (Å²) in [5.74, 6) is 0.643. The van der Waals surface area contributed by atoms with E-state index in [2.05, 4.69) is 28.2 Å². The quantitative estimate of drug-likeness (QED) is 0.876. The Morgan fingerprint density at radius 2 is 2.12 bits per heavy atom. The van der Waals surface area contributed by atoms with Crippen LogP contribution in [0.15, 0.2) is 22.7 Å². The molecule has 3 heteroatoms. The van der Waals surface area contributed by atoms with E-state index >= 15 is 0 Å². The van der Waals surface area contributed by atoms with Gasteiger partial charge in [0.2, 0.25) is 0 Å². The Morgan fingerprint density at radius 3 is 2.82 bits per heavy atom. The molecular weight excluding hydrogens is 281 g/mol. The van der Waals surface area contributed by atoms with Gasteiger partial charge in [-0.3, -0.25) is 0 Å². The van der Waals surface area contributed by atoms with Crippen LogP contribution in [0.25, 0.3) is 0 Å². The van der Waals surface area contributed by atoms with Gasteiger partial charge in [-0.25, -0.2) is 4.39 Å². The van der Waals surface area contributed by atoms with E-state index in [1.165, 1.54) is 31.7 Å². The first-order chi connectivity index (χ1) is 8.16. The molecule has 0 saturated heterocycles. The third kappa shape index (κ3) is 3.52. The first-order valence-electron chi connectivity index (χ1n) is 6.34. The molecule has 1 aliphatic rings. The van der Waals surface area contributed by atoms with Crippen LogP contribution in [-0.4, -0.2) is 6.04 Å². The number of hydrogen-bond donors (Lipinski definition) is 1. The third-order valence-electron chi connectivity index (χ3n) is 3.73. The van der Waals surface area contributed by atoms with Crippen molar-refractivity contribution in [1.82, 2.24) is 5.32 Å². The van der Waals surface area contributed by atoms with Gasteiger partial charge in [-0.2, -0.15) is 0 Å². The lowest BCUT2D eigenvalue weighted by molar-refractivity contribution is 0.378. The molecule has 0 amide bonds. The topological polar surface area (TPSA) is 12.0 Å². The van der Waals surface area contributed by atoms with Gasteiger partial charge in [0.25, 0.3) is 0 Å². The van der Waals surface area contributed by atoms with Crippen molar-refractivity contribution >= 4 is 15.9 Å². The second-order valence-corrected chi connectivity index (χ2v) is 5.87. The van der Waals surface area contributed by atoms with Crippen molar-refractivity contribution in [2.75, 3.05) is 0 Å². The van der Waals surface area contributed by atoms with Gasteiger partial charge in [0.1, 0.15) is 5.82 Å². The Balaban J connectivity index is 1.90. The predicted octanol–water partition coefficient (Wildman–Crippen LogP) is 4.26. The molecular formula is C14H19BrFN. The van der Waals surface area contributed by atoms with Crippen LogP contribution >= 0.6 is 15.9 Å². The highest BCUT2D eigenvalue weighted by molar-refractivity contribution is 9.10. The minimum Gasteiger partial charge on any atom is -0.310 e. The average Bonchev–Trinajstić information content (AvgIpc) is 2.83. The molecule has 0 radical (unpaired) electrons. The molecule has 0 aliphatic heterocycles. The second-order valence-electron chi connectivity index (χ2n) is 4.95. The fourth-order valence-corrected chi connectivity index (χ4v) is 2.98. The Bertz CT molecular complexity index is 374. The highest BCUT2D eigenvalue weighted by Gasteiger charge is 2.21. The minimum atomic E-state index is -0.126. The summed E-state index contributed by atoms with van der Waals surface area (Å²) in [7, 11) is 0. The number of rotatable bonds is 4. The maximum Gasteiger partial charge on any atom is 0.127 e. The lowest BCUT2D eigenvalue weighted by Crippen LogP contribution is -2.32. The molecule has 0 aromatic heterocycles. The van der Waals surface area contributed by atoms with Crippen LogP contribution in [0.5, 0.6) is 0 Å². The fourth-order valence-electron chi connectivity index (χ4n) is 2.57.